The first-order valence-electron chi connectivity index (χ1n) is 9.32. The minimum Gasteiger partial charge on any atom is -0.352 e. The van der Waals surface area contributed by atoms with Gasteiger partial charge in [-0.25, -0.2) is 4.98 Å². The fraction of sp³-hybridized carbons (Fsp3) is 0.364. The van der Waals surface area contributed by atoms with Crippen LogP contribution in [0.1, 0.15) is 51.4 Å². The van der Waals surface area contributed by atoms with E-state index in [1.807, 2.05) is 32.9 Å². The first-order valence-corrected chi connectivity index (χ1v) is 9.32. The Morgan fingerprint density at radius 3 is 2.54 bits per heavy atom. The molecule has 5 nitrogen and oxygen atoms in total. The summed E-state index contributed by atoms with van der Waals surface area (Å²) in [6.07, 6.45) is 1.79. The van der Waals surface area contributed by atoms with Gasteiger partial charge < -0.3 is 5.32 Å². The number of ketones is 2. The number of Topliss-reactive ketones (excluding diaryl/α,β-unsaturated/α-hetero) is 2. The van der Waals surface area contributed by atoms with Crippen molar-refractivity contribution in [1.29, 1.82) is 0 Å². The van der Waals surface area contributed by atoms with Crippen LogP contribution in [-0.4, -0.2) is 29.0 Å². The number of halogens is 1. The molecule has 1 fully saturated rings. The van der Waals surface area contributed by atoms with Crippen LogP contribution in [0.4, 0.5) is 4.39 Å². The van der Waals surface area contributed by atoms with Crippen LogP contribution in [0, 0.1) is 32.6 Å². The van der Waals surface area contributed by atoms with E-state index in [9.17, 15) is 18.8 Å². The number of hydrogen-bond donors (Lipinski definition) is 1. The average molecular weight is 382 g/mol. The highest BCUT2D eigenvalue weighted by Gasteiger charge is 2.42. The molecule has 2 unspecified atom stereocenters. The van der Waals surface area contributed by atoms with Crippen LogP contribution in [0.5, 0.6) is 0 Å². The molecule has 0 radical (unpaired) electrons. The second kappa shape index (κ2) is 8.00. The van der Waals surface area contributed by atoms with E-state index in [0.717, 1.165) is 22.3 Å². The van der Waals surface area contributed by atoms with E-state index in [1.165, 1.54) is 18.3 Å². The number of benzene rings is 1. The molecule has 0 aliphatic heterocycles. The third-order valence-electron chi connectivity index (χ3n) is 5.27. The molecule has 0 bridgehead atoms. The Morgan fingerprint density at radius 2 is 1.89 bits per heavy atom. The summed E-state index contributed by atoms with van der Waals surface area (Å²) in [5.74, 6) is -2.74. The summed E-state index contributed by atoms with van der Waals surface area (Å²) in [7, 11) is 0. The zero-order valence-electron chi connectivity index (χ0n) is 16.2. The van der Waals surface area contributed by atoms with Crippen LogP contribution < -0.4 is 5.32 Å². The summed E-state index contributed by atoms with van der Waals surface area (Å²) in [5.41, 5.74) is 3.67. The van der Waals surface area contributed by atoms with Crippen LogP contribution in [0.3, 0.4) is 0 Å². The largest absolute Gasteiger partial charge is 0.352 e. The molecule has 1 heterocycles. The van der Waals surface area contributed by atoms with Crippen molar-refractivity contribution in [1.82, 2.24) is 10.3 Å². The molecule has 2 aromatic rings. The van der Waals surface area contributed by atoms with Gasteiger partial charge in [-0.1, -0.05) is 17.7 Å². The van der Waals surface area contributed by atoms with Crippen LogP contribution in [0.15, 0.2) is 30.5 Å². The van der Waals surface area contributed by atoms with Gasteiger partial charge in [-0.15, -0.1) is 0 Å². The number of carbonyl (C=O) groups is 3. The maximum atomic E-state index is 13.6. The van der Waals surface area contributed by atoms with E-state index in [2.05, 4.69) is 10.3 Å². The van der Waals surface area contributed by atoms with E-state index >= 15 is 0 Å². The zero-order chi connectivity index (χ0) is 20.4. The lowest BCUT2D eigenvalue weighted by Crippen LogP contribution is -2.28. The van der Waals surface area contributed by atoms with Gasteiger partial charge in [0.15, 0.2) is 5.78 Å². The molecule has 28 heavy (non-hydrogen) atoms. The molecule has 1 N–H and O–H groups in total. The van der Waals surface area contributed by atoms with Gasteiger partial charge in [0.25, 0.3) is 5.91 Å². The zero-order valence-corrected chi connectivity index (χ0v) is 16.2. The summed E-state index contributed by atoms with van der Waals surface area (Å²) < 4.78 is 13.6. The number of nitrogens with one attached hydrogen (secondary N) is 1. The molecule has 1 aliphatic rings. The van der Waals surface area contributed by atoms with Gasteiger partial charge in [-0.3, -0.25) is 14.4 Å². The summed E-state index contributed by atoms with van der Waals surface area (Å²) in [6.45, 7) is 6.02. The minimum absolute atomic E-state index is 0.0744. The third-order valence-corrected chi connectivity index (χ3v) is 5.27. The van der Waals surface area contributed by atoms with Gasteiger partial charge in [0, 0.05) is 25.1 Å². The third kappa shape index (κ3) is 3.86. The number of rotatable bonds is 5. The van der Waals surface area contributed by atoms with Crippen LogP contribution in [0.2, 0.25) is 0 Å². The fourth-order valence-corrected chi connectivity index (χ4v) is 4.06. The van der Waals surface area contributed by atoms with Gasteiger partial charge in [0.05, 0.1) is 5.56 Å². The standard InChI is InChI=1S/C22H23FN2O3/c1-12-9-13(2)18(14(3)10-12)19-17(26)11-15(20(19)27)6-8-25-22(28)16-5-4-7-24-21(16)23/h4-5,7,9-10,15,19H,6,8,11H2,1-3H3,(H,25,28). The minimum atomic E-state index is -0.836. The molecule has 1 aromatic heterocycles. The first-order chi connectivity index (χ1) is 13.3. The summed E-state index contributed by atoms with van der Waals surface area (Å²) in [4.78, 5) is 41.0. The predicted molar refractivity (Wildman–Crippen MR) is 103 cm³/mol. The number of hydrogen-bond acceptors (Lipinski definition) is 4. The second-order valence-electron chi connectivity index (χ2n) is 7.40. The first kappa shape index (κ1) is 19.9. The monoisotopic (exact) mass is 382 g/mol. The Labute approximate surface area is 163 Å². The Morgan fingerprint density at radius 1 is 1.21 bits per heavy atom. The number of nitrogens with zero attached hydrogens (tertiary/aromatic N) is 1. The van der Waals surface area contributed by atoms with E-state index < -0.39 is 23.7 Å². The molecule has 1 aliphatic carbocycles. The molecule has 3 rings (SSSR count). The summed E-state index contributed by atoms with van der Waals surface area (Å²) in [6, 6.07) is 6.80. The smallest absolute Gasteiger partial charge is 0.255 e. The number of carbonyl (C=O) groups excluding carboxylic acids is 3. The second-order valence-corrected chi connectivity index (χ2v) is 7.40. The van der Waals surface area contributed by atoms with Gasteiger partial charge in [-0.2, -0.15) is 4.39 Å². The number of aromatic nitrogens is 1. The highest BCUT2D eigenvalue weighted by Crippen LogP contribution is 2.37. The van der Waals surface area contributed by atoms with E-state index in [-0.39, 0.29) is 30.1 Å². The molecule has 0 saturated heterocycles. The van der Waals surface area contributed by atoms with Gasteiger partial charge >= 0.3 is 0 Å². The number of aryl methyl sites for hydroxylation is 3. The lowest BCUT2D eigenvalue weighted by Gasteiger charge is -2.16. The maximum Gasteiger partial charge on any atom is 0.255 e. The number of amides is 1. The molecule has 2 atom stereocenters. The fourth-order valence-electron chi connectivity index (χ4n) is 4.06. The molecule has 6 heteroatoms. The van der Waals surface area contributed by atoms with Crippen molar-refractivity contribution in [3.63, 3.8) is 0 Å². The van der Waals surface area contributed by atoms with Crippen molar-refractivity contribution in [2.24, 2.45) is 5.92 Å². The Kier molecular flexibility index (Phi) is 5.68. The van der Waals surface area contributed by atoms with Crippen molar-refractivity contribution >= 4 is 17.5 Å². The normalized spacial score (nSPS) is 19.1. The molecule has 1 saturated carbocycles. The van der Waals surface area contributed by atoms with Crippen molar-refractivity contribution in [3.8, 4) is 0 Å². The lowest BCUT2D eigenvalue weighted by atomic mass is 9.86. The van der Waals surface area contributed by atoms with Gasteiger partial charge in [0.2, 0.25) is 5.95 Å². The molecule has 0 spiro atoms. The van der Waals surface area contributed by atoms with Crippen molar-refractivity contribution in [2.75, 3.05) is 6.54 Å². The molecule has 1 amide bonds. The SMILES string of the molecule is Cc1cc(C)c(C2C(=O)CC(CCNC(=O)c3cccnc3F)C2=O)c(C)c1. The lowest BCUT2D eigenvalue weighted by molar-refractivity contribution is -0.124. The topological polar surface area (TPSA) is 76.1 Å². The Balaban J connectivity index is 1.66. The predicted octanol–water partition coefficient (Wildman–Crippen LogP) is 3.21. The maximum absolute atomic E-state index is 13.6. The highest BCUT2D eigenvalue weighted by atomic mass is 19.1. The average Bonchev–Trinajstić information content (AvgIpc) is 2.89. The summed E-state index contributed by atoms with van der Waals surface area (Å²) in [5, 5.41) is 2.60. The quantitative estimate of drug-likeness (QED) is 0.636. The molecular weight excluding hydrogens is 359 g/mol. The van der Waals surface area contributed by atoms with Crippen LogP contribution in [-0.2, 0) is 9.59 Å². The van der Waals surface area contributed by atoms with Crippen molar-refractivity contribution in [2.45, 2.75) is 39.5 Å². The van der Waals surface area contributed by atoms with E-state index in [4.69, 9.17) is 0 Å². The Bertz CT molecular complexity index is 932. The van der Waals surface area contributed by atoms with Crippen molar-refractivity contribution in [3.05, 3.63) is 64.2 Å². The molecule has 146 valence electrons. The molecular formula is C22H23FN2O3. The van der Waals surface area contributed by atoms with Crippen LogP contribution in [0.25, 0.3) is 0 Å². The number of pyridine rings is 1. The van der Waals surface area contributed by atoms with Crippen LogP contribution >= 0.6 is 0 Å². The van der Waals surface area contributed by atoms with Crippen molar-refractivity contribution < 1.29 is 18.8 Å². The summed E-state index contributed by atoms with van der Waals surface area (Å²) >= 11 is 0. The van der Waals surface area contributed by atoms with E-state index in [0.29, 0.717) is 6.42 Å². The Hall–Kier alpha value is -2.89. The highest BCUT2D eigenvalue weighted by molar-refractivity contribution is 6.15. The van der Waals surface area contributed by atoms with E-state index in [1.54, 1.807) is 0 Å². The molecule has 1 aromatic carbocycles. The van der Waals surface area contributed by atoms with Gasteiger partial charge in [-0.05, 0) is 56.0 Å². The van der Waals surface area contributed by atoms with Gasteiger partial charge in [0.1, 0.15) is 11.7 Å².